The van der Waals surface area contributed by atoms with Crippen LogP contribution < -0.4 is 10.5 Å². The number of benzene rings is 1. The largest absolute Gasteiger partial charge is 0.428 e. The molecule has 1 aromatic heterocycles. The van der Waals surface area contributed by atoms with Crippen molar-refractivity contribution in [3.8, 4) is 0 Å². The summed E-state index contributed by atoms with van der Waals surface area (Å²) in [4.78, 5) is 14.9. The molecule has 130 valence electrons. The highest BCUT2D eigenvalue weighted by molar-refractivity contribution is 5.73. The molecule has 4 rings (SSSR count). The molecule has 1 spiro atoms. The summed E-state index contributed by atoms with van der Waals surface area (Å²) in [6, 6.07) is 12.6. The van der Waals surface area contributed by atoms with Crippen LogP contribution in [0.3, 0.4) is 0 Å². The maximum absolute atomic E-state index is 12.4. The van der Waals surface area contributed by atoms with Gasteiger partial charge in [-0.3, -0.25) is 0 Å². The third kappa shape index (κ3) is 2.72. The third-order valence-corrected chi connectivity index (χ3v) is 5.92. The van der Waals surface area contributed by atoms with E-state index >= 15 is 0 Å². The van der Waals surface area contributed by atoms with Crippen LogP contribution in [0.5, 0.6) is 0 Å². The number of fused-ring (bicyclic) bond motifs is 1. The van der Waals surface area contributed by atoms with Crippen molar-refractivity contribution in [1.82, 2.24) is 0 Å². The molecule has 2 aliphatic rings. The van der Waals surface area contributed by atoms with E-state index in [1.807, 2.05) is 25.1 Å². The molecule has 0 N–H and O–H groups in total. The Kier molecular flexibility index (Phi) is 4.03. The lowest BCUT2D eigenvalue weighted by Crippen LogP contribution is -2.55. The zero-order valence-electron chi connectivity index (χ0n) is 15.0. The number of nitrogens with zero attached hydrogens (tertiary/aromatic N) is 1. The molecule has 1 aromatic carbocycles. The standard InChI is InChI=1S/C22H25NO2/c1-16-8-6-7-12-22(16)13-11-19-20(14-17(2)25-21(19)24)23(22)15-18-9-4-3-5-10-18/h3-5,9-11,13-14,16H,6-8,12,15H2,1-2H3/t16-,22+/m1/s1. The molecule has 1 fully saturated rings. The predicted octanol–water partition coefficient (Wildman–Crippen LogP) is 4.93. The van der Waals surface area contributed by atoms with Crippen LogP contribution in [0, 0.1) is 12.8 Å². The van der Waals surface area contributed by atoms with Gasteiger partial charge in [0.25, 0.3) is 0 Å². The molecule has 0 unspecified atom stereocenters. The topological polar surface area (TPSA) is 33.5 Å². The van der Waals surface area contributed by atoms with Crippen molar-refractivity contribution in [2.24, 2.45) is 5.92 Å². The molecule has 3 nitrogen and oxygen atoms in total. The Morgan fingerprint density at radius 3 is 2.80 bits per heavy atom. The van der Waals surface area contributed by atoms with E-state index in [1.54, 1.807) is 0 Å². The van der Waals surface area contributed by atoms with Crippen LogP contribution in [0.4, 0.5) is 5.69 Å². The summed E-state index contributed by atoms with van der Waals surface area (Å²) in [6.07, 6.45) is 9.16. The molecule has 0 bridgehead atoms. The smallest absolute Gasteiger partial charge is 0.345 e. The van der Waals surface area contributed by atoms with Gasteiger partial charge in [-0.25, -0.2) is 4.79 Å². The van der Waals surface area contributed by atoms with Crippen LogP contribution in [0.2, 0.25) is 0 Å². The minimum absolute atomic E-state index is 0.0126. The van der Waals surface area contributed by atoms with Gasteiger partial charge >= 0.3 is 5.63 Å². The van der Waals surface area contributed by atoms with Crippen molar-refractivity contribution < 1.29 is 4.42 Å². The fourth-order valence-electron chi connectivity index (χ4n) is 4.53. The molecule has 0 radical (unpaired) electrons. The molecule has 0 saturated heterocycles. The molecular formula is C22H25NO2. The minimum Gasteiger partial charge on any atom is -0.428 e. The number of hydrogen-bond acceptors (Lipinski definition) is 3. The van der Waals surface area contributed by atoms with Crippen molar-refractivity contribution in [2.45, 2.75) is 51.6 Å². The highest BCUT2D eigenvalue weighted by Crippen LogP contribution is 2.46. The van der Waals surface area contributed by atoms with E-state index in [1.165, 1.54) is 24.8 Å². The molecular weight excluding hydrogens is 310 g/mol. The van der Waals surface area contributed by atoms with Gasteiger partial charge in [0, 0.05) is 12.6 Å². The van der Waals surface area contributed by atoms with Gasteiger partial charge in [0.1, 0.15) is 5.76 Å². The van der Waals surface area contributed by atoms with Crippen LogP contribution in [0.25, 0.3) is 6.08 Å². The Labute approximate surface area is 149 Å². The summed E-state index contributed by atoms with van der Waals surface area (Å²) >= 11 is 0. The van der Waals surface area contributed by atoms with Crippen molar-refractivity contribution in [3.63, 3.8) is 0 Å². The summed E-state index contributed by atoms with van der Waals surface area (Å²) in [5.74, 6) is 1.23. The second-order valence-corrected chi connectivity index (χ2v) is 7.49. The lowest BCUT2D eigenvalue weighted by atomic mass is 9.70. The minimum atomic E-state index is -0.234. The molecule has 3 heteroatoms. The molecule has 0 amide bonds. The van der Waals surface area contributed by atoms with E-state index in [4.69, 9.17) is 4.42 Å². The SMILES string of the molecule is Cc1cc2c(c(=O)o1)C=C[C@]1(CCCC[C@H]1C)N2Cc1ccccc1. The summed E-state index contributed by atoms with van der Waals surface area (Å²) in [6.45, 7) is 5.02. The van der Waals surface area contributed by atoms with Gasteiger partial charge in [-0.05, 0) is 37.3 Å². The van der Waals surface area contributed by atoms with Crippen molar-refractivity contribution >= 4 is 11.8 Å². The summed E-state index contributed by atoms with van der Waals surface area (Å²) in [7, 11) is 0. The number of anilines is 1. The molecule has 2 aromatic rings. The molecule has 25 heavy (non-hydrogen) atoms. The Bertz CT molecular complexity index is 852. The van der Waals surface area contributed by atoms with E-state index in [0.717, 1.165) is 18.7 Å². The van der Waals surface area contributed by atoms with E-state index < -0.39 is 0 Å². The number of hydrogen-bond donors (Lipinski definition) is 0. The van der Waals surface area contributed by atoms with E-state index in [2.05, 4.69) is 42.2 Å². The zero-order valence-corrected chi connectivity index (χ0v) is 15.0. The van der Waals surface area contributed by atoms with Gasteiger partial charge in [-0.15, -0.1) is 0 Å². The molecule has 1 aliphatic carbocycles. The average molecular weight is 335 g/mol. The highest BCUT2D eigenvalue weighted by Gasteiger charge is 2.44. The van der Waals surface area contributed by atoms with Gasteiger partial charge in [0.15, 0.2) is 0 Å². The first kappa shape index (κ1) is 16.2. The van der Waals surface area contributed by atoms with Crippen molar-refractivity contribution in [3.05, 3.63) is 69.8 Å². The quantitative estimate of drug-likeness (QED) is 0.780. The number of rotatable bonds is 2. The van der Waals surface area contributed by atoms with Crippen molar-refractivity contribution in [1.29, 1.82) is 0 Å². The van der Waals surface area contributed by atoms with Crippen LogP contribution in [-0.2, 0) is 6.54 Å². The lowest BCUT2D eigenvalue weighted by molar-refractivity contribution is 0.237. The summed E-state index contributed by atoms with van der Waals surface area (Å²) < 4.78 is 5.34. The Morgan fingerprint density at radius 2 is 2.04 bits per heavy atom. The van der Waals surface area contributed by atoms with Crippen LogP contribution in [0.15, 0.2) is 51.7 Å². The van der Waals surface area contributed by atoms with Gasteiger partial charge in [-0.1, -0.05) is 56.2 Å². The van der Waals surface area contributed by atoms with Crippen LogP contribution in [-0.4, -0.2) is 5.54 Å². The first-order valence-corrected chi connectivity index (χ1v) is 9.26. The second kappa shape index (κ2) is 6.21. The van der Waals surface area contributed by atoms with Crippen molar-refractivity contribution in [2.75, 3.05) is 4.90 Å². The van der Waals surface area contributed by atoms with E-state index in [-0.39, 0.29) is 11.2 Å². The first-order chi connectivity index (χ1) is 12.1. The second-order valence-electron chi connectivity index (χ2n) is 7.49. The maximum Gasteiger partial charge on any atom is 0.345 e. The number of aryl methyl sites for hydroxylation is 1. The normalized spacial score (nSPS) is 25.2. The predicted molar refractivity (Wildman–Crippen MR) is 102 cm³/mol. The van der Waals surface area contributed by atoms with Gasteiger partial charge in [-0.2, -0.15) is 0 Å². The van der Waals surface area contributed by atoms with Gasteiger partial charge < -0.3 is 9.32 Å². The van der Waals surface area contributed by atoms with Gasteiger partial charge in [0.05, 0.1) is 16.8 Å². The maximum atomic E-state index is 12.4. The summed E-state index contributed by atoms with van der Waals surface area (Å²) in [5, 5.41) is 0. The molecule has 1 aliphatic heterocycles. The lowest BCUT2D eigenvalue weighted by Gasteiger charge is -2.52. The Morgan fingerprint density at radius 1 is 1.24 bits per heavy atom. The van der Waals surface area contributed by atoms with E-state index in [0.29, 0.717) is 17.2 Å². The zero-order chi connectivity index (χ0) is 17.4. The average Bonchev–Trinajstić information content (AvgIpc) is 2.61. The third-order valence-electron chi connectivity index (χ3n) is 5.92. The summed E-state index contributed by atoms with van der Waals surface area (Å²) in [5.41, 5.74) is 2.73. The van der Waals surface area contributed by atoms with Gasteiger partial charge in [0.2, 0.25) is 0 Å². The Balaban J connectivity index is 1.87. The highest BCUT2D eigenvalue weighted by atomic mass is 16.4. The molecule has 2 atom stereocenters. The van der Waals surface area contributed by atoms with E-state index in [9.17, 15) is 4.79 Å². The fourth-order valence-corrected chi connectivity index (χ4v) is 4.53. The molecule has 1 saturated carbocycles. The molecule has 2 heterocycles. The fraction of sp³-hybridized carbons (Fsp3) is 0.409. The van der Waals surface area contributed by atoms with Crippen LogP contribution in [0.1, 0.15) is 49.5 Å². The van der Waals surface area contributed by atoms with Crippen LogP contribution >= 0.6 is 0 Å². The monoisotopic (exact) mass is 335 g/mol. The Hall–Kier alpha value is -2.29. The first-order valence-electron chi connectivity index (χ1n) is 9.26.